The number of carbonyl (C=O) groups excluding carboxylic acids is 1. The number of likely N-dealkylation sites (N-methyl/N-ethyl adjacent to an activating group) is 1. The van der Waals surface area contributed by atoms with Gasteiger partial charge in [0.05, 0.1) is 6.26 Å². The van der Waals surface area contributed by atoms with Crippen LogP contribution in [0.5, 0.6) is 0 Å². The van der Waals surface area contributed by atoms with Crippen LogP contribution in [-0.4, -0.2) is 38.0 Å². The van der Waals surface area contributed by atoms with Gasteiger partial charge < -0.3 is 5.32 Å². The molecule has 0 aromatic heterocycles. The Balaban J connectivity index is 3.11. The molecule has 0 aliphatic heterocycles. The molecule has 0 saturated heterocycles. The van der Waals surface area contributed by atoms with Crippen LogP contribution in [-0.2, 0) is 14.8 Å². The van der Waals surface area contributed by atoms with Crippen LogP contribution >= 0.6 is 0 Å². The van der Waals surface area contributed by atoms with Gasteiger partial charge in [-0.3, -0.25) is 4.79 Å². The Kier molecular flexibility index (Phi) is 6.36. The summed E-state index contributed by atoms with van der Waals surface area (Å²) in [4.78, 5) is 12.5. The van der Waals surface area contributed by atoms with Gasteiger partial charge >= 0.3 is 0 Å². The van der Waals surface area contributed by atoms with Gasteiger partial charge in [-0.15, -0.1) is 0 Å². The predicted octanol–water partition coefficient (Wildman–Crippen LogP) is 1.92. The first-order valence-electron chi connectivity index (χ1n) is 7.09. The maximum absolute atomic E-state index is 12.5. The standard InChI is InChI=1S/C15H24N2O3S/c1-5-13(6-2)16-15(18)14(17(3)21(4,19)20)12-10-8-7-9-11-12/h7-11,13-14H,5-6H2,1-4H3,(H,16,18)/t14-/m1/s1. The van der Waals surface area contributed by atoms with E-state index >= 15 is 0 Å². The molecule has 21 heavy (non-hydrogen) atoms. The number of hydrogen-bond donors (Lipinski definition) is 1. The fraction of sp³-hybridized carbons (Fsp3) is 0.533. The third-order valence-electron chi connectivity index (χ3n) is 3.58. The Bertz CT molecular complexity index is 554. The SMILES string of the molecule is CCC(CC)NC(=O)[C@@H](c1ccccc1)N(C)S(C)(=O)=O. The number of nitrogens with zero attached hydrogens (tertiary/aromatic N) is 1. The number of benzene rings is 1. The van der Waals surface area contributed by atoms with Crippen LogP contribution in [0.4, 0.5) is 0 Å². The average molecular weight is 312 g/mol. The maximum Gasteiger partial charge on any atom is 0.243 e. The van der Waals surface area contributed by atoms with E-state index in [1.807, 2.05) is 19.9 Å². The van der Waals surface area contributed by atoms with Gasteiger partial charge in [-0.25, -0.2) is 8.42 Å². The Morgan fingerprint density at radius 2 is 1.71 bits per heavy atom. The summed E-state index contributed by atoms with van der Waals surface area (Å²) >= 11 is 0. The third kappa shape index (κ3) is 4.82. The Labute approximate surface area is 127 Å². The van der Waals surface area contributed by atoms with Crippen molar-refractivity contribution in [2.75, 3.05) is 13.3 Å². The summed E-state index contributed by atoms with van der Waals surface area (Å²) in [5, 5.41) is 2.92. The van der Waals surface area contributed by atoms with Crippen LogP contribution in [0, 0.1) is 0 Å². The molecular weight excluding hydrogens is 288 g/mol. The normalized spacial score (nSPS) is 13.4. The molecule has 0 aliphatic carbocycles. The minimum Gasteiger partial charge on any atom is -0.352 e. The van der Waals surface area contributed by atoms with Crippen molar-refractivity contribution in [3.63, 3.8) is 0 Å². The quantitative estimate of drug-likeness (QED) is 0.836. The fourth-order valence-electron chi connectivity index (χ4n) is 2.13. The molecule has 1 N–H and O–H groups in total. The number of hydrogen-bond acceptors (Lipinski definition) is 3. The van der Waals surface area contributed by atoms with Crippen molar-refractivity contribution in [3.05, 3.63) is 35.9 Å². The van der Waals surface area contributed by atoms with E-state index in [1.165, 1.54) is 7.05 Å². The summed E-state index contributed by atoms with van der Waals surface area (Å²) in [6, 6.07) is 8.15. The van der Waals surface area contributed by atoms with E-state index in [4.69, 9.17) is 0 Å². The zero-order valence-electron chi connectivity index (χ0n) is 13.0. The molecule has 0 radical (unpaired) electrons. The van der Waals surface area contributed by atoms with Gasteiger partial charge in [0.2, 0.25) is 15.9 Å². The summed E-state index contributed by atoms with van der Waals surface area (Å²) in [6.07, 6.45) is 2.73. The lowest BCUT2D eigenvalue weighted by Gasteiger charge is -2.27. The van der Waals surface area contributed by atoms with Crippen molar-refractivity contribution in [2.24, 2.45) is 0 Å². The van der Waals surface area contributed by atoms with Crippen molar-refractivity contribution >= 4 is 15.9 Å². The molecule has 0 fully saturated rings. The molecular formula is C15H24N2O3S. The van der Waals surface area contributed by atoms with Gasteiger partial charge in [0, 0.05) is 13.1 Å². The molecule has 1 amide bonds. The first kappa shape index (κ1) is 17.7. The van der Waals surface area contributed by atoms with E-state index < -0.39 is 16.1 Å². The zero-order chi connectivity index (χ0) is 16.0. The molecule has 5 nitrogen and oxygen atoms in total. The highest BCUT2D eigenvalue weighted by Crippen LogP contribution is 2.22. The van der Waals surface area contributed by atoms with Crippen LogP contribution in [0.15, 0.2) is 30.3 Å². The summed E-state index contributed by atoms with van der Waals surface area (Å²) in [6.45, 7) is 3.98. The summed E-state index contributed by atoms with van der Waals surface area (Å²) < 4.78 is 24.8. The van der Waals surface area contributed by atoms with Crippen molar-refractivity contribution in [3.8, 4) is 0 Å². The van der Waals surface area contributed by atoms with Gasteiger partial charge in [-0.2, -0.15) is 4.31 Å². The average Bonchev–Trinajstić information content (AvgIpc) is 2.45. The second-order valence-corrected chi connectivity index (χ2v) is 7.16. The van der Waals surface area contributed by atoms with Crippen LogP contribution in [0.1, 0.15) is 38.3 Å². The molecule has 0 heterocycles. The summed E-state index contributed by atoms with van der Waals surface area (Å²) in [7, 11) is -2.04. The largest absolute Gasteiger partial charge is 0.352 e. The molecule has 0 bridgehead atoms. The van der Waals surface area contributed by atoms with E-state index in [9.17, 15) is 13.2 Å². The molecule has 1 aromatic rings. The topological polar surface area (TPSA) is 66.5 Å². The van der Waals surface area contributed by atoms with Crippen LogP contribution < -0.4 is 5.32 Å². The number of rotatable bonds is 7. The second-order valence-electron chi connectivity index (χ2n) is 5.11. The van der Waals surface area contributed by atoms with Gasteiger partial charge in [0.15, 0.2) is 0 Å². The molecule has 1 atom stereocenters. The maximum atomic E-state index is 12.5. The second kappa shape index (κ2) is 7.56. The highest BCUT2D eigenvalue weighted by molar-refractivity contribution is 7.88. The van der Waals surface area contributed by atoms with Crippen LogP contribution in [0.25, 0.3) is 0 Å². The molecule has 0 aliphatic rings. The molecule has 0 spiro atoms. The highest BCUT2D eigenvalue weighted by atomic mass is 32.2. The lowest BCUT2D eigenvalue weighted by Crippen LogP contribution is -2.44. The van der Waals surface area contributed by atoms with Crippen molar-refractivity contribution in [1.29, 1.82) is 0 Å². The van der Waals surface area contributed by atoms with Gasteiger partial charge in [-0.1, -0.05) is 44.2 Å². The van der Waals surface area contributed by atoms with Gasteiger partial charge in [0.1, 0.15) is 6.04 Å². The molecule has 0 saturated carbocycles. The van der Waals surface area contributed by atoms with Crippen molar-refractivity contribution in [2.45, 2.75) is 38.8 Å². The monoisotopic (exact) mass is 312 g/mol. The number of sulfonamides is 1. The number of carbonyl (C=O) groups is 1. The number of amides is 1. The van der Waals surface area contributed by atoms with Gasteiger partial charge in [0.25, 0.3) is 0 Å². The summed E-state index contributed by atoms with van der Waals surface area (Å²) in [5.41, 5.74) is 0.661. The first-order chi connectivity index (χ1) is 9.81. The van der Waals surface area contributed by atoms with Crippen molar-refractivity contribution in [1.82, 2.24) is 9.62 Å². The first-order valence-corrected chi connectivity index (χ1v) is 8.94. The molecule has 1 rings (SSSR count). The Hall–Kier alpha value is -1.40. The highest BCUT2D eigenvalue weighted by Gasteiger charge is 2.31. The van der Waals surface area contributed by atoms with Crippen molar-refractivity contribution < 1.29 is 13.2 Å². The van der Waals surface area contributed by atoms with E-state index in [0.29, 0.717) is 5.56 Å². The minimum absolute atomic E-state index is 0.0525. The smallest absolute Gasteiger partial charge is 0.243 e. The molecule has 0 unspecified atom stereocenters. The van der Waals surface area contributed by atoms with E-state index in [2.05, 4.69) is 5.32 Å². The fourth-order valence-corrected chi connectivity index (χ4v) is 2.73. The van der Waals surface area contributed by atoms with Gasteiger partial charge in [-0.05, 0) is 18.4 Å². The van der Waals surface area contributed by atoms with Crippen LogP contribution in [0.2, 0.25) is 0 Å². The lowest BCUT2D eigenvalue weighted by molar-refractivity contribution is -0.125. The number of nitrogens with one attached hydrogen (secondary N) is 1. The van der Waals surface area contributed by atoms with E-state index in [0.717, 1.165) is 23.4 Å². The lowest BCUT2D eigenvalue weighted by atomic mass is 10.1. The van der Waals surface area contributed by atoms with E-state index in [-0.39, 0.29) is 11.9 Å². The Morgan fingerprint density at radius 3 is 2.14 bits per heavy atom. The summed E-state index contributed by atoms with van der Waals surface area (Å²) in [5.74, 6) is -0.289. The zero-order valence-corrected chi connectivity index (χ0v) is 13.9. The third-order valence-corrected chi connectivity index (χ3v) is 4.84. The molecule has 1 aromatic carbocycles. The van der Waals surface area contributed by atoms with Crippen LogP contribution in [0.3, 0.4) is 0 Å². The Morgan fingerprint density at radius 1 is 1.19 bits per heavy atom. The minimum atomic E-state index is -3.47. The van der Waals surface area contributed by atoms with E-state index in [1.54, 1.807) is 24.3 Å². The molecule has 118 valence electrons. The molecule has 6 heteroatoms. The predicted molar refractivity (Wildman–Crippen MR) is 84.3 cm³/mol.